The highest BCUT2D eigenvalue weighted by atomic mass is 32.2. The van der Waals surface area contributed by atoms with E-state index in [1.807, 2.05) is 6.26 Å². The van der Waals surface area contributed by atoms with E-state index in [-0.39, 0.29) is 5.82 Å². The second-order valence-corrected chi connectivity index (χ2v) is 2.87. The van der Waals surface area contributed by atoms with Gasteiger partial charge in [0, 0.05) is 4.90 Å². The van der Waals surface area contributed by atoms with Crippen LogP contribution in [0.3, 0.4) is 0 Å². The van der Waals surface area contributed by atoms with Gasteiger partial charge >= 0.3 is 0 Å². The van der Waals surface area contributed by atoms with Crippen molar-refractivity contribution in [2.45, 2.75) is 4.90 Å². The molecule has 0 saturated carbocycles. The Morgan fingerprint density at radius 1 is 1.55 bits per heavy atom. The van der Waals surface area contributed by atoms with E-state index in [0.29, 0.717) is 5.69 Å². The van der Waals surface area contributed by atoms with E-state index < -0.39 is 0 Å². The molecule has 0 aromatic heterocycles. The van der Waals surface area contributed by atoms with Gasteiger partial charge in [0.05, 0.1) is 5.69 Å². The Bertz CT molecular complexity index is 252. The summed E-state index contributed by atoms with van der Waals surface area (Å²) in [5, 5.41) is 0. The van der Waals surface area contributed by atoms with Crippen molar-refractivity contribution in [1.29, 1.82) is 0 Å². The first kappa shape index (κ1) is 8.36. The maximum Gasteiger partial charge on any atom is 0.147 e. The first-order chi connectivity index (χ1) is 5.27. The van der Waals surface area contributed by atoms with Gasteiger partial charge in [0.25, 0.3) is 0 Å². The molecule has 0 spiro atoms. The third-order valence-electron chi connectivity index (χ3n) is 1.33. The largest absolute Gasteiger partial charge is 0.321 e. The molecule has 0 radical (unpaired) electrons. The molecule has 0 saturated heterocycles. The zero-order valence-corrected chi connectivity index (χ0v) is 6.91. The molecule has 0 aliphatic carbocycles. The first-order valence-corrected chi connectivity index (χ1v) is 4.30. The number of benzene rings is 1. The third kappa shape index (κ3) is 1.85. The van der Waals surface area contributed by atoms with Crippen LogP contribution in [0.4, 0.5) is 10.1 Å². The van der Waals surface area contributed by atoms with E-state index in [0.717, 1.165) is 4.90 Å². The second kappa shape index (κ2) is 3.59. The number of thioether (sulfide) groups is 1. The van der Waals surface area contributed by atoms with Gasteiger partial charge < -0.3 is 5.43 Å². The van der Waals surface area contributed by atoms with Crippen molar-refractivity contribution in [2.24, 2.45) is 5.84 Å². The molecule has 0 bridgehead atoms. The van der Waals surface area contributed by atoms with E-state index in [1.54, 1.807) is 23.9 Å². The van der Waals surface area contributed by atoms with E-state index in [9.17, 15) is 4.39 Å². The maximum absolute atomic E-state index is 12.8. The highest BCUT2D eigenvalue weighted by Crippen LogP contribution is 2.21. The normalized spacial score (nSPS) is 9.73. The van der Waals surface area contributed by atoms with Crippen LogP contribution in [0.5, 0.6) is 0 Å². The summed E-state index contributed by atoms with van der Waals surface area (Å²) in [6.45, 7) is 0. The lowest BCUT2D eigenvalue weighted by Crippen LogP contribution is -2.08. The van der Waals surface area contributed by atoms with E-state index in [1.165, 1.54) is 6.07 Å². The van der Waals surface area contributed by atoms with Crippen molar-refractivity contribution in [3.63, 3.8) is 0 Å². The van der Waals surface area contributed by atoms with Crippen molar-refractivity contribution in [3.8, 4) is 0 Å². The Balaban J connectivity index is 3.02. The smallest absolute Gasteiger partial charge is 0.147 e. The molecule has 0 fully saturated rings. The second-order valence-electron chi connectivity index (χ2n) is 1.99. The fraction of sp³-hybridized carbons (Fsp3) is 0.143. The van der Waals surface area contributed by atoms with Gasteiger partial charge in [0.2, 0.25) is 0 Å². The number of nitrogens with one attached hydrogen (secondary N) is 1. The molecule has 0 unspecified atom stereocenters. The van der Waals surface area contributed by atoms with Gasteiger partial charge in [-0.1, -0.05) is 0 Å². The van der Waals surface area contributed by atoms with Crippen LogP contribution in [-0.4, -0.2) is 6.26 Å². The molecule has 0 heterocycles. The lowest BCUT2D eigenvalue weighted by atomic mass is 10.3. The topological polar surface area (TPSA) is 38.0 Å². The van der Waals surface area contributed by atoms with Gasteiger partial charge in [-0.15, -0.1) is 11.8 Å². The van der Waals surface area contributed by atoms with Gasteiger partial charge in [0.15, 0.2) is 0 Å². The molecule has 0 amide bonds. The molecule has 0 aliphatic rings. The summed E-state index contributed by atoms with van der Waals surface area (Å²) in [6.07, 6.45) is 1.92. The summed E-state index contributed by atoms with van der Waals surface area (Å²) < 4.78 is 12.8. The number of hydrazine groups is 1. The average Bonchev–Trinajstić information content (AvgIpc) is 2.05. The lowest BCUT2D eigenvalue weighted by Gasteiger charge is -2.02. The fourth-order valence-electron chi connectivity index (χ4n) is 0.742. The minimum absolute atomic E-state index is 0.328. The predicted octanol–water partition coefficient (Wildman–Crippen LogP) is 1.83. The van der Waals surface area contributed by atoms with Crippen molar-refractivity contribution in [1.82, 2.24) is 0 Å². The van der Waals surface area contributed by atoms with Crippen LogP contribution in [0, 0.1) is 5.82 Å². The molecule has 3 N–H and O–H groups in total. The highest BCUT2D eigenvalue weighted by molar-refractivity contribution is 7.98. The molecule has 4 heteroatoms. The molecule has 1 aromatic carbocycles. The quantitative estimate of drug-likeness (QED) is 0.406. The Labute approximate surface area is 68.9 Å². The van der Waals surface area contributed by atoms with Gasteiger partial charge in [-0.3, -0.25) is 5.84 Å². The van der Waals surface area contributed by atoms with E-state index >= 15 is 0 Å². The fourth-order valence-corrected chi connectivity index (χ4v) is 1.18. The van der Waals surface area contributed by atoms with Crippen LogP contribution < -0.4 is 11.3 Å². The summed E-state index contributed by atoms with van der Waals surface area (Å²) >= 11 is 1.54. The zero-order chi connectivity index (χ0) is 8.27. The summed E-state index contributed by atoms with van der Waals surface area (Å²) in [6, 6.07) is 4.77. The SMILES string of the molecule is CSc1ccc(F)c(NN)c1. The number of nitrogens with two attached hydrogens (primary N) is 1. The summed E-state index contributed by atoms with van der Waals surface area (Å²) in [4.78, 5) is 0.986. The molecule has 11 heavy (non-hydrogen) atoms. The molecular formula is C7H9FN2S. The molecule has 60 valence electrons. The Morgan fingerprint density at radius 2 is 2.27 bits per heavy atom. The van der Waals surface area contributed by atoms with E-state index in [4.69, 9.17) is 5.84 Å². The van der Waals surface area contributed by atoms with Crippen molar-refractivity contribution < 1.29 is 4.39 Å². The van der Waals surface area contributed by atoms with Gasteiger partial charge in [-0.05, 0) is 24.5 Å². The van der Waals surface area contributed by atoms with Crippen molar-refractivity contribution >= 4 is 17.4 Å². The van der Waals surface area contributed by atoms with Gasteiger partial charge in [-0.25, -0.2) is 4.39 Å². The number of hydrogen-bond acceptors (Lipinski definition) is 3. The van der Waals surface area contributed by atoms with Crippen LogP contribution in [0.15, 0.2) is 23.1 Å². The van der Waals surface area contributed by atoms with Crippen LogP contribution in [-0.2, 0) is 0 Å². The van der Waals surface area contributed by atoms with Crippen molar-refractivity contribution in [3.05, 3.63) is 24.0 Å². The van der Waals surface area contributed by atoms with Crippen LogP contribution >= 0.6 is 11.8 Å². The van der Waals surface area contributed by atoms with Crippen LogP contribution in [0.1, 0.15) is 0 Å². The van der Waals surface area contributed by atoms with E-state index in [2.05, 4.69) is 5.43 Å². The first-order valence-electron chi connectivity index (χ1n) is 3.08. The van der Waals surface area contributed by atoms with Crippen molar-refractivity contribution in [2.75, 3.05) is 11.7 Å². The zero-order valence-electron chi connectivity index (χ0n) is 6.10. The van der Waals surface area contributed by atoms with Crippen LogP contribution in [0.25, 0.3) is 0 Å². The third-order valence-corrected chi connectivity index (χ3v) is 2.05. The minimum Gasteiger partial charge on any atom is -0.321 e. The number of rotatable bonds is 2. The minimum atomic E-state index is -0.328. The Hall–Kier alpha value is -0.740. The molecule has 1 rings (SSSR count). The standard InChI is InChI=1S/C7H9FN2S/c1-11-5-2-3-6(8)7(4-5)10-9/h2-4,10H,9H2,1H3. The van der Waals surface area contributed by atoms with Gasteiger partial charge in [0.1, 0.15) is 5.82 Å². The average molecular weight is 172 g/mol. The molecule has 0 atom stereocenters. The number of anilines is 1. The molecule has 2 nitrogen and oxygen atoms in total. The number of hydrogen-bond donors (Lipinski definition) is 2. The summed E-state index contributed by atoms with van der Waals surface area (Å²) in [5.41, 5.74) is 2.61. The van der Waals surface area contributed by atoms with Crippen LogP contribution in [0.2, 0.25) is 0 Å². The lowest BCUT2D eigenvalue weighted by molar-refractivity contribution is 0.629. The number of halogens is 1. The molecule has 0 aliphatic heterocycles. The highest BCUT2D eigenvalue weighted by Gasteiger charge is 1.99. The van der Waals surface area contributed by atoms with Gasteiger partial charge in [-0.2, -0.15) is 0 Å². The Morgan fingerprint density at radius 3 is 2.82 bits per heavy atom. The maximum atomic E-state index is 12.8. The number of nitrogen functional groups attached to an aromatic ring is 1. The monoisotopic (exact) mass is 172 g/mol. The predicted molar refractivity (Wildman–Crippen MR) is 46.0 cm³/mol. The molecular weight excluding hydrogens is 163 g/mol. The summed E-state index contributed by atoms with van der Waals surface area (Å²) in [7, 11) is 0. The Kier molecular flexibility index (Phi) is 2.73. The summed E-state index contributed by atoms with van der Waals surface area (Å²) in [5.74, 6) is 4.75. The molecule has 1 aromatic rings.